The highest BCUT2D eigenvalue weighted by atomic mass is 79.9. The standard InChI is InChI=1S/C12H9BrClNO/c13-10-8(14)5-4-7-6-2-1-3-9(16)11(6)15-12(7)10/h4-5,15H,1-3H2. The number of nitrogens with one attached hydrogen (secondary N) is 1. The minimum Gasteiger partial charge on any atom is -0.351 e. The molecule has 1 aromatic carbocycles. The lowest BCUT2D eigenvalue weighted by Gasteiger charge is -2.09. The molecule has 2 nitrogen and oxygen atoms in total. The number of carbonyl (C=O) groups excluding carboxylic acids is 1. The normalized spacial score (nSPS) is 15.5. The molecule has 82 valence electrons. The van der Waals surface area contributed by atoms with Gasteiger partial charge in [0.05, 0.1) is 20.7 Å². The van der Waals surface area contributed by atoms with Gasteiger partial charge in [0.15, 0.2) is 5.78 Å². The Morgan fingerprint density at radius 2 is 2.12 bits per heavy atom. The van der Waals surface area contributed by atoms with E-state index in [1.807, 2.05) is 12.1 Å². The van der Waals surface area contributed by atoms with Crippen LogP contribution in [-0.4, -0.2) is 10.8 Å². The topological polar surface area (TPSA) is 32.9 Å². The maximum Gasteiger partial charge on any atom is 0.179 e. The van der Waals surface area contributed by atoms with Crippen molar-refractivity contribution in [2.75, 3.05) is 0 Å². The van der Waals surface area contributed by atoms with E-state index in [2.05, 4.69) is 20.9 Å². The molecule has 1 aliphatic rings. The molecule has 1 aliphatic carbocycles. The van der Waals surface area contributed by atoms with Gasteiger partial charge in [0.25, 0.3) is 0 Å². The van der Waals surface area contributed by atoms with Crippen LogP contribution in [0.1, 0.15) is 28.9 Å². The van der Waals surface area contributed by atoms with E-state index in [-0.39, 0.29) is 5.78 Å². The molecule has 2 aromatic rings. The molecule has 0 saturated heterocycles. The van der Waals surface area contributed by atoms with E-state index in [0.29, 0.717) is 11.4 Å². The molecule has 0 spiro atoms. The zero-order valence-electron chi connectivity index (χ0n) is 8.44. The third-order valence-electron chi connectivity index (χ3n) is 3.08. The molecule has 0 unspecified atom stereocenters. The maximum atomic E-state index is 11.8. The Kier molecular flexibility index (Phi) is 2.33. The van der Waals surface area contributed by atoms with Gasteiger partial charge in [-0.05, 0) is 40.4 Å². The second-order valence-corrected chi connectivity index (χ2v) is 5.24. The lowest BCUT2D eigenvalue weighted by atomic mass is 9.95. The predicted molar refractivity (Wildman–Crippen MR) is 68.3 cm³/mol. The van der Waals surface area contributed by atoms with Crippen LogP contribution in [0.3, 0.4) is 0 Å². The zero-order valence-corrected chi connectivity index (χ0v) is 10.8. The van der Waals surface area contributed by atoms with Crippen molar-refractivity contribution < 1.29 is 4.79 Å². The van der Waals surface area contributed by atoms with Gasteiger partial charge in [-0.1, -0.05) is 17.7 Å². The van der Waals surface area contributed by atoms with E-state index >= 15 is 0 Å². The highest BCUT2D eigenvalue weighted by Gasteiger charge is 2.22. The minimum atomic E-state index is 0.209. The first-order valence-corrected chi connectivity index (χ1v) is 6.37. The number of benzene rings is 1. The van der Waals surface area contributed by atoms with Crippen LogP contribution < -0.4 is 0 Å². The van der Waals surface area contributed by atoms with E-state index in [1.54, 1.807) is 0 Å². The second kappa shape index (κ2) is 3.60. The summed E-state index contributed by atoms with van der Waals surface area (Å²) in [6, 6.07) is 3.84. The summed E-state index contributed by atoms with van der Waals surface area (Å²) >= 11 is 9.49. The molecule has 0 radical (unpaired) electrons. The van der Waals surface area contributed by atoms with E-state index in [0.717, 1.165) is 39.5 Å². The first-order valence-electron chi connectivity index (χ1n) is 5.20. The Labute approximate surface area is 106 Å². The molecule has 3 rings (SSSR count). The molecule has 0 atom stereocenters. The number of ketones is 1. The van der Waals surface area contributed by atoms with E-state index in [4.69, 9.17) is 11.6 Å². The van der Waals surface area contributed by atoms with Crippen molar-refractivity contribution >= 4 is 44.2 Å². The summed E-state index contributed by atoms with van der Waals surface area (Å²) in [4.78, 5) is 15.0. The number of rotatable bonds is 0. The van der Waals surface area contributed by atoms with Crippen molar-refractivity contribution in [1.29, 1.82) is 0 Å². The molecule has 0 aliphatic heterocycles. The fourth-order valence-corrected chi connectivity index (χ4v) is 2.91. The molecule has 0 bridgehead atoms. The van der Waals surface area contributed by atoms with Crippen molar-refractivity contribution in [2.24, 2.45) is 0 Å². The smallest absolute Gasteiger partial charge is 0.179 e. The van der Waals surface area contributed by atoms with Crippen LogP contribution in [-0.2, 0) is 6.42 Å². The molecule has 1 aromatic heterocycles. The molecule has 1 heterocycles. The van der Waals surface area contributed by atoms with Crippen molar-refractivity contribution in [2.45, 2.75) is 19.3 Å². The first-order chi connectivity index (χ1) is 7.68. The van der Waals surface area contributed by atoms with Gasteiger partial charge < -0.3 is 4.98 Å². The van der Waals surface area contributed by atoms with Gasteiger partial charge in [-0.25, -0.2) is 0 Å². The molecular weight excluding hydrogens is 289 g/mol. The van der Waals surface area contributed by atoms with Crippen LogP contribution in [0.15, 0.2) is 16.6 Å². The Balaban J connectivity index is 2.40. The van der Waals surface area contributed by atoms with Crippen molar-refractivity contribution in [3.05, 3.63) is 32.9 Å². The number of H-pyrrole nitrogens is 1. The Morgan fingerprint density at radius 1 is 1.31 bits per heavy atom. The van der Waals surface area contributed by atoms with Crippen LogP contribution in [0.4, 0.5) is 0 Å². The molecule has 16 heavy (non-hydrogen) atoms. The molecule has 4 heteroatoms. The summed E-state index contributed by atoms with van der Waals surface area (Å²) in [7, 11) is 0. The quantitative estimate of drug-likeness (QED) is 0.780. The van der Waals surface area contributed by atoms with Crippen molar-refractivity contribution in [3.8, 4) is 0 Å². The fourth-order valence-electron chi connectivity index (χ4n) is 2.31. The maximum absolute atomic E-state index is 11.8. The van der Waals surface area contributed by atoms with Crippen molar-refractivity contribution in [3.63, 3.8) is 0 Å². The van der Waals surface area contributed by atoms with Crippen LogP contribution in [0.25, 0.3) is 10.9 Å². The molecular formula is C12H9BrClNO. The fraction of sp³-hybridized carbons (Fsp3) is 0.250. The Morgan fingerprint density at radius 3 is 2.94 bits per heavy atom. The van der Waals surface area contributed by atoms with E-state index in [9.17, 15) is 4.79 Å². The van der Waals surface area contributed by atoms with Gasteiger partial charge in [-0.3, -0.25) is 4.79 Å². The highest BCUT2D eigenvalue weighted by Crippen LogP contribution is 2.36. The van der Waals surface area contributed by atoms with Gasteiger partial charge in [0, 0.05) is 11.8 Å². The number of aryl methyl sites for hydroxylation is 1. The summed E-state index contributed by atoms with van der Waals surface area (Å²) in [5.74, 6) is 0.209. The number of fused-ring (bicyclic) bond motifs is 3. The molecule has 1 N–H and O–H groups in total. The lowest BCUT2D eigenvalue weighted by molar-refractivity contribution is 0.0968. The third kappa shape index (κ3) is 1.35. The average Bonchev–Trinajstić information content (AvgIpc) is 2.65. The third-order valence-corrected chi connectivity index (χ3v) is 4.45. The van der Waals surface area contributed by atoms with Gasteiger partial charge >= 0.3 is 0 Å². The first kappa shape index (κ1) is 10.4. The van der Waals surface area contributed by atoms with Gasteiger partial charge in [0.1, 0.15) is 0 Å². The number of hydrogen-bond acceptors (Lipinski definition) is 1. The molecule has 0 amide bonds. The van der Waals surface area contributed by atoms with Crippen LogP contribution >= 0.6 is 27.5 Å². The summed E-state index contributed by atoms with van der Waals surface area (Å²) < 4.78 is 0.842. The molecule has 0 fully saturated rings. The number of carbonyl (C=O) groups is 1. The van der Waals surface area contributed by atoms with E-state index in [1.165, 1.54) is 0 Å². The van der Waals surface area contributed by atoms with Crippen LogP contribution in [0.5, 0.6) is 0 Å². The molecule has 0 saturated carbocycles. The van der Waals surface area contributed by atoms with E-state index < -0.39 is 0 Å². The zero-order chi connectivity index (χ0) is 11.3. The summed E-state index contributed by atoms with van der Waals surface area (Å²) in [5.41, 5.74) is 2.85. The highest BCUT2D eigenvalue weighted by molar-refractivity contribution is 9.10. The van der Waals surface area contributed by atoms with Gasteiger partial charge in [-0.2, -0.15) is 0 Å². The van der Waals surface area contributed by atoms with Crippen LogP contribution in [0, 0.1) is 0 Å². The summed E-state index contributed by atoms with van der Waals surface area (Å²) in [5, 5.41) is 1.78. The number of Topliss-reactive ketones (excluding diaryl/α,β-unsaturated/α-hetero) is 1. The number of hydrogen-bond donors (Lipinski definition) is 1. The summed E-state index contributed by atoms with van der Waals surface area (Å²) in [6.07, 6.45) is 2.55. The van der Waals surface area contributed by atoms with Crippen LogP contribution in [0.2, 0.25) is 5.02 Å². The minimum absolute atomic E-state index is 0.209. The van der Waals surface area contributed by atoms with Gasteiger partial charge in [0.2, 0.25) is 0 Å². The second-order valence-electron chi connectivity index (χ2n) is 4.04. The predicted octanol–water partition coefficient (Wildman–Crippen LogP) is 4.10. The average molecular weight is 299 g/mol. The Bertz CT molecular complexity index is 603. The summed E-state index contributed by atoms with van der Waals surface area (Å²) in [6.45, 7) is 0. The Hall–Kier alpha value is -0.800. The number of halogens is 2. The monoisotopic (exact) mass is 297 g/mol. The van der Waals surface area contributed by atoms with Gasteiger partial charge in [-0.15, -0.1) is 0 Å². The lowest BCUT2D eigenvalue weighted by Crippen LogP contribution is -2.09. The largest absolute Gasteiger partial charge is 0.351 e. The van der Waals surface area contributed by atoms with Crippen molar-refractivity contribution in [1.82, 2.24) is 4.98 Å². The number of aromatic nitrogens is 1. The number of aromatic amines is 1. The SMILES string of the molecule is O=C1CCCc2c1[nH]c1c(Br)c(Cl)ccc21.